The van der Waals surface area contributed by atoms with Crippen LogP contribution in [0, 0.1) is 12.8 Å². The van der Waals surface area contributed by atoms with E-state index in [0.29, 0.717) is 29.8 Å². The molecule has 0 radical (unpaired) electrons. The van der Waals surface area contributed by atoms with Crippen LogP contribution in [0.25, 0.3) is 11.5 Å². The average molecular weight is 439 g/mol. The van der Waals surface area contributed by atoms with Gasteiger partial charge in [-0.15, -0.1) is 0 Å². The third-order valence-corrected chi connectivity index (χ3v) is 5.69. The molecule has 0 unspecified atom stereocenters. The van der Waals surface area contributed by atoms with Gasteiger partial charge in [0, 0.05) is 49.2 Å². The summed E-state index contributed by atoms with van der Waals surface area (Å²) in [6.07, 6.45) is 4.13. The smallest absolute Gasteiger partial charge is 0.180 e. The first-order valence-electron chi connectivity index (χ1n) is 11.1. The Morgan fingerprint density at radius 3 is 2.42 bits per heavy atom. The molecule has 3 N–H and O–H groups in total. The molecule has 0 aliphatic carbocycles. The van der Waals surface area contributed by atoms with Crippen molar-refractivity contribution in [3.05, 3.63) is 84.1 Å². The molecule has 4 heterocycles. The lowest BCUT2D eigenvalue weighted by Crippen LogP contribution is -2.49. The Labute approximate surface area is 193 Å². The molecular formula is C25H26N8. The first-order chi connectivity index (χ1) is 16.2. The second kappa shape index (κ2) is 9.30. The predicted molar refractivity (Wildman–Crippen MR) is 129 cm³/mol. The van der Waals surface area contributed by atoms with E-state index < -0.39 is 0 Å². The third kappa shape index (κ3) is 4.96. The van der Waals surface area contributed by atoms with Gasteiger partial charge in [0.15, 0.2) is 5.82 Å². The van der Waals surface area contributed by atoms with E-state index in [1.807, 2.05) is 37.3 Å². The summed E-state index contributed by atoms with van der Waals surface area (Å²) in [4.78, 5) is 24.9. The first kappa shape index (κ1) is 21.0. The van der Waals surface area contributed by atoms with E-state index in [1.54, 1.807) is 12.4 Å². The molecule has 4 aromatic rings. The van der Waals surface area contributed by atoms with Crippen LogP contribution in [0.2, 0.25) is 0 Å². The minimum absolute atomic E-state index is 0.568. The van der Waals surface area contributed by atoms with E-state index in [0.717, 1.165) is 36.8 Å². The molecule has 1 fully saturated rings. The Balaban J connectivity index is 1.26. The maximum atomic E-state index is 5.73. The number of hydrogen-bond acceptors (Lipinski definition) is 8. The second-order valence-corrected chi connectivity index (χ2v) is 8.26. The summed E-state index contributed by atoms with van der Waals surface area (Å²) in [7, 11) is 0. The van der Waals surface area contributed by atoms with E-state index in [9.17, 15) is 0 Å². The molecule has 8 heteroatoms. The number of aromatic nitrogens is 5. The summed E-state index contributed by atoms with van der Waals surface area (Å²) in [5.41, 5.74) is 9.80. The normalized spacial score (nSPS) is 13.6. The van der Waals surface area contributed by atoms with Gasteiger partial charge < -0.3 is 16.0 Å². The fourth-order valence-corrected chi connectivity index (χ4v) is 3.84. The molecule has 33 heavy (non-hydrogen) atoms. The van der Waals surface area contributed by atoms with Gasteiger partial charge in [-0.05, 0) is 55.4 Å². The Kier molecular flexibility index (Phi) is 5.91. The van der Waals surface area contributed by atoms with Gasteiger partial charge in [0.05, 0.1) is 0 Å². The minimum Gasteiger partial charge on any atom is -0.371 e. The Morgan fingerprint density at radius 2 is 1.67 bits per heavy atom. The van der Waals surface area contributed by atoms with E-state index in [1.165, 1.54) is 11.3 Å². The SMILES string of the molecule is Cc1cccc(-c2nccc(Nc3ccnc(Cc4ccc(N5CC(CN)C5)cc4)n3)n2)n1. The molecule has 166 valence electrons. The largest absolute Gasteiger partial charge is 0.371 e. The van der Waals surface area contributed by atoms with E-state index in [4.69, 9.17) is 5.73 Å². The van der Waals surface area contributed by atoms with Crippen molar-refractivity contribution in [1.29, 1.82) is 0 Å². The van der Waals surface area contributed by atoms with Crippen LogP contribution >= 0.6 is 0 Å². The van der Waals surface area contributed by atoms with Crippen LogP contribution in [0.15, 0.2) is 67.0 Å². The number of nitrogens with zero attached hydrogens (tertiary/aromatic N) is 6. The lowest BCUT2D eigenvalue weighted by atomic mass is 9.99. The number of nitrogens with two attached hydrogens (primary N) is 1. The minimum atomic E-state index is 0.568. The number of nitrogens with one attached hydrogen (secondary N) is 1. The fraction of sp³-hybridized carbons (Fsp3) is 0.240. The summed E-state index contributed by atoms with van der Waals surface area (Å²) < 4.78 is 0. The molecule has 1 aliphatic heterocycles. The maximum absolute atomic E-state index is 5.73. The monoisotopic (exact) mass is 438 g/mol. The second-order valence-electron chi connectivity index (χ2n) is 8.26. The number of aryl methyl sites for hydroxylation is 1. The van der Waals surface area contributed by atoms with Gasteiger partial charge in [-0.1, -0.05) is 18.2 Å². The van der Waals surface area contributed by atoms with Crippen LogP contribution in [0.1, 0.15) is 17.1 Å². The fourth-order valence-electron chi connectivity index (χ4n) is 3.84. The average Bonchev–Trinajstić information content (AvgIpc) is 2.80. The van der Waals surface area contributed by atoms with Crippen LogP contribution in [0.4, 0.5) is 17.3 Å². The highest BCUT2D eigenvalue weighted by atomic mass is 15.2. The van der Waals surface area contributed by atoms with Gasteiger partial charge in [-0.3, -0.25) is 0 Å². The molecule has 1 aliphatic rings. The molecule has 0 amide bonds. The van der Waals surface area contributed by atoms with Crippen molar-refractivity contribution in [2.45, 2.75) is 13.3 Å². The number of rotatable bonds is 7. The van der Waals surface area contributed by atoms with Gasteiger partial charge in [0.1, 0.15) is 23.2 Å². The highest BCUT2D eigenvalue weighted by Gasteiger charge is 2.25. The van der Waals surface area contributed by atoms with Gasteiger partial charge >= 0.3 is 0 Å². The number of hydrogen-bond donors (Lipinski definition) is 2. The van der Waals surface area contributed by atoms with Crippen molar-refractivity contribution in [1.82, 2.24) is 24.9 Å². The van der Waals surface area contributed by atoms with Gasteiger partial charge in [-0.25, -0.2) is 24.9 Å². The molecule has 0 spiro atoms. The molecule has 8 nitrogen and oxygen atoms in total. The topological polar surface area (TPSA) is 106 Å². The molecular weight excluding hydrogens is 412 g/mol. The third-order valence-electron chi connectivity index (χ3n) is 5.69. The van der Waals surface area contributed by atoms with E-state index in [-0.39, 0.29) is 0 Å². The van der Waals surface area contributed by atoms with Crippen molar-refractivity contribution >= 4 is 17.3 Å². The van der Waals surface area contributed by atoms with Crippen molar-refractivity contribution in [3.63, 3.8) is 0 Å². The predicted octanol–water partition coefficient (Wildman–Crippen LogP) is 3.37. The quantitative estimate of drug-likeness (QED) is 0.452. The van der Waals surface area contributed by atoms with Crippen molar-refractivity contribution in [2.24, 2.45) is 11.7 Å². The zero-order valence-electron chi connectivity index (χ0n) is 18.5. The molecule has 3 aromatic heterocycles. The Morgan fingerprint density at radius 1 is 0.909 bits per heavy atom. The highest BCUT2D eigenvalue weighted by molar-refractivity contribution is 5.56. The lowest BCUT2D eigenvalue weighted by Gasteiger charge is -2.40. The number of benzene rings is 1. The Hall–Kier alpha value is -3.91. The zero-order chi connectivity index (χ0) is 22.6. The highest BCUT2D eigenvalue weighted by Crippen LogP contribution is 2.25. The molecule has 1 aromatic carbocycles. The maximum Gasteiger partial charge on any atom is 0.180 e. The molecule has 0 atom stereocenters. The van der Waals surface area contributed by atoms with Crippen LogP contribution in [0.5, 0.6) is 0 Å². The molecule has 0 bridgehead atoms. The van der Waals surface area contributed by atoms with Crippen LogP contribution in [0.3, 0.4) is 0 Å². The van der Waals surface area contributed by atoms with Gasteiger partial charge in [-0.2, -0.15) is 0 Å². The van der Waals surface area contributed by atoms with Crippen LogP contribution in [-0.2, 0) is 6.42 Å². The standard InChI is InChI=1S/C25H26N8/c1-17-3-2-4-21(29-17)25-28-12-10-23(32-25)30-22-9-11-27-24(31-22)13-18-5-7-20(8-6-18)33-15-19(14-26)16-33/h2-12,19H,13-16,26H2,1H3,(H,27,28,30,31,32). The van der Waals surface area contributed by atoms with Crippen molar-refractivity contribution in [2.75, 3.05) is 29.9 Å². The Bertz CT molecular complexity index is 1240. The van der Waals surface area contributed by atoms with Crippen molar-refractivity contribution < 1.29 is 0 Å². The van der Waals surface area contributed by atoms with E-state index in [2.05, 4.69) is 59.4 Å². The molecule has 0 saturated carbocycles. The van der Waals surface area contributed by atoms with Crippen molar-refractivity contribution in [3.8, 4) is 11.5 Å². The summed E-state index contributed by atoms with van der Waals surface area (Å²) in [5.74, 6) is 3.27. The van der Waals surface area contributed by atoms with Crippen LogP contribution in [-0.4, -0.2) is 44.6 Å². The molecule has 1 saturated heterocycles. The summed E-state index contributed by atoms with van der Waals surface area (Å²) >= 11 is 0. The summed E-state index contributed by atoms with van der Waals surface area (Å²) in [5, 5.41) is 3.26. The van der Waals surface area contributed by atoms with E-state index >= 15 is 0 Å². The molecule has 5 rings (SSSR count). The zero-order valence-corrected chi connectivity index (χ0v) is 18.5. The number of pyridine rings is 1. The van der Waals surface area contributed by atoms with Crippen LogP contribution < -0.4 is 16.0 Å². The van der Waals surface area contributed by atoms with Gasteiger partial charge in [0.25, 0.3) is 0 Å². The number of anilines is 3. The lowest BCUT2D eigenvalue weighted by molar-refractivity contribution is 0.420. The summed E-state index contributed by atoms with van der Waals surface area (Å²) in [6.45, 7) is 4.79. The van der Waals surface area contributed by atoms with Gasteiger partial charge in [0.2, 0.25) is 0 Å². The first-order valence-corrected chi connectivity index (χ1v) is 11.1. The summed E-state index contributed by atoms with van der Waals surface area (Å²) in [6, 6.07) is 18.0.